The summed E-state index contributed by atoms with van der Waals surface area (Å²) in [6, 6.07) is 11.5. The predicted octanol–water partition coefficient (Wildman–Crippen LogP) is 2.72. The lowest BCUT2D eigenvalue weighted by Gasteiger charge is -2.34. The first-order valence-corrected chi connectivity index (χ1v) is 8.99. The van der Waals surface area contributed by atoms with E-state index in [0.29, 0.717) is 49.2 Å². The third-order valence-corrected chi connectivity index (χ3v) is 4.53. The maximum atomic E-state index is 13.8. The number of hydrogen-bond donors (Lipinski definition) is 1. The molecular weight excluding hydrogens is 359 g/mol. The summed E-state index contributed by atoms with van der Waals surface area (Å²) in [7, 11) is 0. The van der Waals surface area contributed by atoms with Gasteiger partial charge in [0.2, 0.25) is 5.95 Å². The molecular formula is C20H19FN6O. The molecule has 1 aliphatic heterocycles. The highest BCUT2D eigenvalue weighted by molar-refractivity contribution is 5.93. The number of carbonyl (C=O) groups is 1. The van der Waals surface area contributed by atoms with Crippen LogP contribution in [0, 0.1) is 5.82 Å². The van der Waals surface area contributed by atoms with E-state index in [0.717, 1.165) is 0 Å². The maximum absolute atomic E-state index is 13.8. The number of para-hydroxylation sites is 1. The second-order valence-electron chi connectivity index (χ2n) is 6.36. The molecule has 1 saturated heterocycles. The van der Waals surface area contributed by atoms with Gasteiger partial charge in [-0.2, -0.15) is 0 Å². The minimum atomic E-state index is -0.355. The van der Waals surface area contributed by atoms with Crippen molar-refractivity contribution in [2.24, 2.45) is 0 Å². The van der Waals surface area contributed by atoms with E-state index in [4.69, 9.17) is 0 Å². The van der Waals surface area contributed by atoms with E-state index in [2.05, 4.69) is 20.3 Å². The Bertz CT molecular complexity index is 960. The molecule has 3 aromatic rings. The number of carbonyl (C=O) groups excluding carboxylic acids is 1. The first-order valence-electron chi connectivity index (χ1n) is 8.99. The van der Waals surface area contributed by atoms with E-state index in [1.807, 2.05) is 4.90 Å². The summed E-state index contributed by atoms with van der Waals surface area (Å²) in [5.41, 5.74) is 1.29. The Morgan fingerprint density at radius 1 is 0.929 bits per heavy atom. The Morgan fingerprint density at radius 3 is 2.43 bits per heavy atom. The third-order valence-electron chi connectivity index (χ3n) is 4.53. The zero-order valence-corrected chi connectivity index (χ0v) is 15.1. The van der Waals surface area contributed by atoms with Crippen molar-refractivity contribution in [1.29, 1.82) is 0 Å². The van der Waals surface area contributed by atoms with Crippen LogP contribution in [0.1, 0.15) is 10.5 Å². The van der Waals surface area contributed by atoms with Crippen LogP contribution in [0.3, 0.4) is 0 Å². The van der Waals surface area contributed by atoms with E-state index < -0.39 is 0 Å². The highest BCUT2D eigenvalue weighted by atomic mass is 19.1. The molecule has 0 aliphatic carbocycles. The van der Waals surface area contributed by atoms with Crippen molar-refractivity contribution in [2.75, 3.05) is 36.4 Å². The van der Waals surface area contributed by atoms with Crippen molar-refractivity contribution in [1.82, 2.24) is 19.9 Å². The molecule has 7 nitrogen and oxygen atoms in total. The second kappa shape index (κ2) is 7.99. The lowest BCUT2D eigenvalue weighted by Crippen LogP contribution is -2.49. The minimum absolute atomic E-state index is 0.147. The molecule has 28 heavy (non-hydrogen) atoms. The van der Waals surface area contributed by atoms with Gasteiger partial charge in [0.15, 0.2) is 0 Å². The largest absolute Gasteiger partial charge is 0.353 e. The average molecular weight is 378 g/mol. The zero-order chi connectivity index (χ0) is 19.3. The number of piperazine rings is 1. The number of anilines is 3. The normalized spacial score (nSPS) is 14.0. The summed E-state index contributed by atoms with van der Waals surface area (Å²) in [5.74, 6) is 0.168. The zero-order valence-electron chi connectivity index (χ0n) is 15.1. The number of rotatable bonds is 4. The van der Waals surface area contributed by atoms with E-state index in [9.17, 15) is 9.18 Å². The summed E-state index contributed by atoms with van der Waals surface area (Å²) in [5, 5.41) is 2.99. The smallest absolute Gasteiger partial charge is 0.272 e. The number of halogens is 1. The third kappa shape index (κ3) is 3.90. The molecule has 4 rings (SSSR count). The van der Waals surface area contributed by atoms with Gasteiger partial charge in [-0.3, -0.25) is 9.78 Å². The molecule has 1 amide bonds. The molecule has 1 aliphatic rings. The van der Waals surface area contributed by atoms with E-state index in [1.165, 1.54) is 6.07 Å². The lowest BCUT2D eigenvalue weighted by molar-refractivity contribution is 0.0740. The molecule has 142 valence electrons. The highest BCUT2D eigenvalue weighted by Gasteiger charge is 2.24. The SMILES string of the molecule is O=C(c1cc(Nc2ccccc2F)ccn1)N1CCN(c2ncccn2)CC1. The van der Waals surface area contributed by atoms with Gasteiger partial charge in [-0.05, 0) is 30.3 Å². The molecule has 0 saturated carbocycles. The molecule has 8 heteroatoms. The number of nitrogens with one attached hydrogen (secondary N) is 1. The monoisotopic (exact) mass is 378 g/mol. The molecule has 0 bridgehead atoms. The lowest BCUT2D eigenvalue weighted by atomic mass is 10.2. The van der Waals surface area contributed by atoms with Gasteiger partial charge in [-0.25, -0.2) is 14.4 Å². The van der Waals surface area contributed by atoms with Crippen molar-refractivity contribution in [3.63, 3.8) is 0 Å². The Labute approximate surface area is 161 Å². The number of aromatic nitrogens is 3. The summed E-state index contributed by atoms with van der Waals surface area (Å²) in [4.78, 5) is 29.3. The van der Waals surface area contributed by atoms with Crippen LogP contribution in [0.5, 0.6) is 0 Å². The fourth-order valence-corrected chi connectivity index (χ4v) is 3.07. The second-order valence-corrected chi connectivity index (χ2v) is 6.36. The van der Waals surface area contributed by atoms with Crippen LogP contribution in [0.25, 0.3) is 0 Å². The molecule has 3 heterocycles. The molecule has 1 fully saturated rings. The van der Waals surface area contributed by atoms with Crippen LogP contribution in [0.4, 0.5) is 21.7 Å². The molecule has 0 unspecified atom stereocenters. The van der Waals surface area contributed by atoms with Gasteiger partial charge in [-0.1, -0.05) is 12.1 Å². The molecule has 1 N–H and O–H groups in total. The Balaban J connectivity index is 1.42. The molecule has 0 radical (unpaired) electrons. The summed E-state index contributed by atoms with van der Waals surface area (Å²) < 4.78 is 13.8. The van der Waals surface area contributed by atoms with Crippen molar-refractivity contribution < 1.29 is 9.18 Å². The fourth-order valence-electron chi connectivity index (χ4n) is 3.07. The Kier molecular flexibility index (Phi) is 5.09. The summed E-state index contributed by atoms with van der Waals surface area (Å²) in [6.07, 6.45) is 4.96. The van der Waals surface area contributed by atoms with Crippen molar-refractivity contribution in [2.45, 2.75) is 0 Å². The first-order chi connectivity index (χ1) is 13.7. The average Bonchev–Trinajstić information content (AvgIpc) is 2.76. The van der Waals surface area contributed by atoms with Gasteiger partial charge in [-0.15, -0.1) is 0 Å². The number of benzene rings is 1. The molecule has 0 spiro atoms. The Morgan fingerprint density at radius 2 is 1.68 bits per heavy atom. The van der Waals surface area contributed by atoms with Crippen molar-refractivity contribution >= 4 is 23.2 Å². The van der Waals surface area contributed by atoms with Gasteiger partial charge < -0.3 is 15.1 Å². The molecule has 1 aromatic carbocycles. The van der Waals surface area contributed by atoms with Gasteiger partial charge in [0.1, 0.15) is 11.5 Å². The van der Waals surface area contributed by atoms with Crippen molar-refractivity contribution in [3.05, 3.63) is 72.6 Å². The van der Waals surface area contributed by atoms with Gasteiger partial charge in [0.25, 0.3) is 5.91 Å². The quantitative estimate of drug-likeness (QED) is 0.753. The van der Waals surface area contributed by atoms with Crippen LogP contribution < -0.4 is 10.2 Å². The van der Waals surface area contributed by atoms with Crippen LogP contribution >= 0.6 is 0 Å². The van der Waals surface area contributed by atoms with Crippen LogP contribution in [-0.2, 0) is 0 Å². The predicted molar refractivity (Wildman–Crippen MR) is 104 cm³/mol. The Hall–Kier alpha value is -3.55. The standard InChI is InChI=1S/C20H19FN6O/c21-16-4-1-2-5-17(16)25-15-6-9-22-18(14-15)19(28)26-10-12-27(13-11-26)20-23-7-3-8-24-20/h1-9,14H,10-13H2,(H,22,25). The van der Waals surface area contributed by atoms with Crippen LogP contribution in [0.2, 0.25) is 0 Å². The number of amides is 1. The topological polar surface area (TPSA) is 74.2 Å². The minimum Gasteiger partial charge on any atom is -0.353 e. The maximum Gasteiger partial charge on any atom is 0.272 e. The number of nitrogens with zero attached hydrogens (tertiary/aromatic N) is 5. The van der Waals surface area contributed by atoms with Crippen LogP contribution in [-0.4, -0.2) is 51.9 Å². The fraction of sp³-hybridized carbons (Fsp3) is 0.200. The van der Waals surface area contributed by atoms with Crippen LogP contribution in [0.15, 0.2) is 61.1 Å². The first kappa shape index (κ1) is 17.8. The van der Waals surface area contributed by atoms with Gasteiger partial charge in [0, 0.05) is 50.5 Å². The number of pyridine rings is 1. The van der Waals surface area contributed by atoms with E-state index in [1.54, 1.807) is 59.9 Å². The van der Waals surface area contributed by atoms with E-state index >= 15 is 0 Å². The molecule has 0 atom stereocenters. The highest BCUT2D eigenvalue weighted by Crippen LogP contribution is 2.20. The van der Waals surface area contributed by atoms with Crippen molar-refractivity contribution in [3.8, 4) is 0 Å². The van der Waals surface area contributed by atoms with Gasteiger partial charge in [0.05, 0.1) is 5.69 Å². The summed E-state index contributed by atoms with van der Waals surface area (Å²) in [6.45, 7) is 2.43. The van der Waals surface area contributed by atoms with E-state index in [-0.39, 0.29) is 11.7 Å². The van der Waals surface area contributed by atoms with Gasteiger partial charge >= 0.3 is 0 Å². The summed E-state index contributed by atoms with van der Waals surface area (Å²) >= 11 is 0. The molecule has 2 aromatic heterocycles. The number of hydrogen-bond acceptors (Lipinski definition) is 6.